The smallest absolute Gasteiger partial charge is 0.229 e. The third kappa shape index (κ3) is 3.13. The van der Waals surface area contributed by atoms with Crippen molar-refractivity contribution in [3.63, 3.8) is 0 Å². The first-order chi connectivity index (χ1) is 10.4. The first-order valence-electron chi connectivity index (χ1n) is 7.34. The van der Waals surface area contributed by atoms with E-state index in [0.717, 1.165) is 49.5 Å². The van der Waals surface area contributed by atoms with E-state index in [2.05, 4.69) is 26.8 Å². The minimum absolute atomic E-state index is 0.589. The summed E-state index contributed by atoms with van der Waals surface area (Å²) < 4.78 is 5.83. The van der Waals surface area contributed by atoms with Gasteiger partial charge in [-0.3, -0.25) is 0 Å². The van der Waals surface area contributed by atoms with Crippen molar-refractivity contribution in [3.05, 3.63) is 36.9 Å². The molecule has 0 unspecified atom stereocenters. The predicted molar refractivity (Wildman–Crippen MR) is 84.9 cm³/mol. The second kappa shape index (κ2) is 6.54. The summed E-state index contributed by atoms with van der Waals surface area (Å²) in [4.78, 5) is 11.5. The second-order valence-electron chi connectivity index (χ2n) is 5.01. The number of anilines is 1. The molecule has 5 nitrogen and oxygen atoms in total. The van der Waals surface area contributed by atoms with Gasteiger partial charge in [-0.1, -0.05) is 18.2 Å². The number of hydrogen-bond donors (Lipinski definition) is 1. The molecule has 3 rings (SSSR count). The van der Waals surface area contributed by atoms with Crippen molar-refractivity contribution in [1.82, 2.24) is 15.3 Å². The van der Waals surface area contributed by atoms with Crippen molar-refractivity contribution < 1.29 is 4.74 Å². The van der Waals surface area contributed by atoms with Crippen LogP contribution in [-0.2, 0) is 0 Å². The third-order valence-corrected chi connectivity index (χ3v) is 3.52. The highest BCUT2D eigenvalue weighted by Crippen LogP contribution is 2.25. The van der Waals surface area contributed by atoms with Crippen LogP contribution in [0.2, 0.25) is 0 Å². The van der Waals surface area contributed by atoms with E-state index in [1.54, 1.807) is 0 Å². The summed E-state index contributed by atoms with van der Waals surface area (Å²) >= 11 is 0. The molecular formula is C16H20N4O. The lowest BCUT2D eigenvalue weighted by Crippen LogP contribution is -2.44. The van der Waals surface area contributed by atoms with Gasteiger partial charge in [0.1, 0.15) is 0 Å². The number of benzene rings is 1. The van der Waals surface area contributed by atoms with Crippen LogP contribution in [0.15, 0.2) is 36.9 Å². The van der Waals surface area contributed by atoms with E-state index in [9.17, 15) is 0 Å². The van der Waals surface area contributed by atoms with Gasteiger partial charge in [0.15, 0.2) is 0 Å². The molecule has 1 fully saturated rings. The van der Waals surface area contributed by atoms with Crippen LogP contribution in [0.5, 0.6) is 5.88 Å². The Hall–Kier alpha value is -2.14. The molecule has 2 aromatic rings. The van der Waals surface area contributed by atoms with E-state index >= 15 is 0 Å². The maximum Gasteiger partial charge on any atom is 0.229 e. The van der Waals surface area contributed by atoms with Crippen LogP contribution in [0.1, 0.15) is 6.42 Å². The number of fused-ring (bicyclic) bond motifs is 1. The Bertz CT molecular complexity index is 623. The maximum absolute atomic E-state index is 5.83. The van der Waals surface area contributed by atoms with Gasteiger partial charge in [-0.15, -0.1) is 6.58 Å². The van der Waals surface area contributed by atoms with E-state index in [1.807, 2.05) is 30.3 Å². The van der Waals surface area contributed by atoms with Crippen LogP contribution < -0.4 is 15.0 Å². The lowest BCUT2D eigenvalue weighted by atomic mass is 10.2. The molecule has 0 amide bonds. The quantitative estimate of drug-likeness (QED) is 0.672. The van der Waals surface area contributed by atoms with E-state index in [4.69, 9.17) is 4.74 Å². The maximum atomic E-state index is 5.83. The Labute approximate surface area is 124 Å². The van der Waals surface area contributed by atoms with E-state index in [-0.39, 0.29) is 0 Å². The largest absolute Gasteiger partial charge is 0.477 e. The van der Waals surface area contributed by atoms with Gasteiger partial charge in [0, 0.05) is 26.2 Å². The summed E-state index contributed by atoms with van der Waals surface area (Å²) in [5, 5.41) is 4.30. The predicted octanol–water partition coefficient (Wildman–Crippen LogP) is 1.99. The molecule has 0 aliphatic carbocycles. The summed E-state index contributed by atoms with van der Waals surface area (Å²) in [6, 6.07) is 7.98. The summed E-state index contributed by atoms with van der Waals surface area (Å²) in [6.07, 6.45) is 2.65. The second-order valence-corrected chi connectivity index (χ2v) is 5.01. The van der Waals surface area contributed by atoms with Gasteiger partial charge in [-0.25, -0.2) is 4.98 Å². The fourth-order valence-electron chi connectivity index (χ4n) is 2.39. The third-order valence-electron chi connectivity index (χ3n) is 3.52. The van der Waals surface area contributed by atoms with Crippen LogP contribution in [0.4, 0.5) is 5.95 Å². The van der Waals surface area contributed by atoms with Crippen molar-refractivity contribution in [1.29, 1.82) is 0 Å². The van der Waals surface area contributed by atoms with Crippen molar-refractivity contribution >= 4 is 16.9 Å². The molecule has 1 aliphatic heterocycles. The van der Waals surface area contributed by atoms with E-state index in [0.29, 0.717) is 12.5 Å². The monoisotopic (exact) mass is 284 g/mol. The van der Waals surface area contributed by atoms with Crippen molar-refractivity contribution in [2.45, 2.75) is 6.42 Å². The average Bonchev–Trinajstić information content (AvgIpc) is 2.55. The molecule has 0 saturated carbocycles. The highest BCUT2D eigenvalue weighted by atomic mass is 16.5. The van der Waals surface area contributed by atoms with Gasteiger partial charge < -0.3 is 15.0 Å². The van der Waals surface area contributed by atoms with Gasteiger partial charge >= 0.3 is 0 Å². The number of ether oxygens (including phenoxy) is 1. The first kappa shape index (κ1) is 13.8. The van der Waals surface area contributed by atoms with E-state index in [1.165, 1.54) is 0 Å². The molecule has 1 saturated heterocycles. The summed E-state index contributed by atoms with van der Waals surface area (Å²) in [5.41, 5.74) is 0.926. The number of nitrogens with one attached hydrogen (secondary N) is 1. The topological polar surface area (TPSA) is 50.3 Å². The summed E-state index contributed by atoms with van der Waals surface area (Å²) in [6.45, 7) is 8.07. The highest BCUT2D eigenvalue weighted by molar-refractivity contribution is 5.84. The Balaban J connectivity index is 1.95. The lowest BCUT2D eigenvalue weighted by molar-refractivity contribution is 0.316. The number of hydrogen-bond acceptors (Lipinski definition) is 5. The normalized spacial score (nSPS) is 15.1. The highest BCUT2D eigenvalue weighted by Gasteiger charge is 2.16. The van der Waals surface area contributed by atoms with Crippen molar-refractivity contribution in [3.8, 4) is 5.88 Å². The molecule has 2 heterocycles. The Morgan fingerprint density at radius 2 is 2.05 bits per heavy atom. The number of piperazine rings is 1. The van der Waals surface area contributed by atoms with Gasteiger partial charge in [0.05, 0.1) is 17.5 Å². The minimum atomic E-state index is 0.589. The summed E-state index contributed by atoms with van der Waals surface area (Å²) in [7, 11) is 0. The molecule has 1 N–H and O–H groups in total. The van der Waals surface area contributed by atoms with Crippen LogP contribution >= 0.6 is 0 Å². The zero-order chi connectivity index (χ0) is 14.5. The Kier molecular flexibility index (Phi) is 4.31. The first-order valence-corrected chi connectivity index (χ1v) is 7.34. The zero-order valence-electron chi connectivity index (χ0n) is 12.1. The molecule has 21 heavy (non-hydrogen) atoms. The van der Waals surface area contributed by atoms with E-state index < -0.39 is 0 Å². The van der Waals surface area contributed by atoms with Crippen LogP contribution in [0.3, 0.4) is 0 Å². The van der Waals surface area contributed by atoms with Crippen LogP contribution in [0, 0.1) is 0 Å². The molecular weight excluding hydrogens is 264 g/mol. The Morgan fingerprint density at radius 1 is 1.24 bits per heavy atom. The molecule has 5 heteroatoms. The standard InChI is InChI=1S/C16H20N4O/c1-2-3-12-21-15-13-6-4-5-7-14(13)18-16(19-15)20-10-8-17-9-11-20/h2,4-7,17H,1,3,8-12H2. The SMILES string of the molecule is C=CCCOc1nc(N2CCNCC2)nc2ccccc12. The van der Waals surface area contributed by atoms with Crippen molar-refractivity contribution in [2.24, 2.45) is 0 Å². The molecule has 0 atom stereocenters. The molecule has 1 aliphatic rings. The molecule has 110 valence electrons. The number of rotatable bonds is 5. The van der Waals surface area contributed by atoms with Gasteiger partial charge in [0.25, 0.3) is 0 Å². The van der Waals surface area contributed by atoms with Gasteiger partial charge in [-0.2, -0.15) is 4.98 Å². The molecule has 1 aromatic carbocycles. The fraction of sp³-hybridized carbons (Fsp3) is 0.375. The van der Waals surface area contributed by atoms with Crippen LogP contribution in [0.25, 0.3) is 10.9 Å². The van der Waals surface area contributed by atoms with Gasteiger partial charge in [-0.05, 0) is 18.6 Å². The minimum Gasteiger partial charge on any atom is -0.477 e. The number of aromatic nitrogens is 2. The molecule has 1 aromatic heterocycles. The molecule has 0 radical (unpaired) electrons. The molecule has 0 bridgehead atoms. The lowest BCUT2D eigenvalue weighted by Gasteiger charge is -2.27. The zero-order valence-corrected chi connectivity index (χ0v) is 12.1. The number of para-hydroxylation sites is 1. The van der Waals surface area contributed by atoms with Crippen LogP contribution in [-0.4, -0.2) is 42.8 Å². The van der Waals surface area contributed by atoms with Crippen molar-refractivity contribution in [2.75, 3.05) is 37.7 Å². The summed E-state index contributed by atoms with van der Waals surface area (Å²) in [5.74, 6) is 1.42. The average molecular weight is 284 g/mol. The fourth-order valence-corrected chi connectivity index (χ4v) is 2.39. The number of nitrogens with zero attached hydrogens (tertiary/aromatic N) is 3. The Morgan fingerprint density at radius 3 is 2.86 bits per heavy atom. The molecule has 0 spiro atoms. The van der Waals surface area contributed by atoms with Gasteiger partial charge in [0.2, 0.25) is 11.8 Å².